The molecule has 1 N–H and O–H groups in total. The molecule has 0 bridgehead atoms. The first-order chi connectivity index (χ1) is 11.7. The average Bonchev–Trinajstić information content (AvgIpc) is 2.58. The van der Waals surface area contributed by atoms with Crippen LogP contribution in [-0.2, 0) is 11.2 Å². The van der Waals surface area contributed by atoms with Gasteiger partial charge in [0.2, 0.25) is 5.91 Å². The molecule has 1 aromatic carbocycles. The van der Waals surface area contributed by atoms with Crippen molar-refractivity contribution in [3.05, 3.63) is 34.9 Å². The zero-order valence-electron chi connectivity index (χ0n) is 14.5. The quantitative estimate of drug-likeness (QED) is 0.870. The second-order valence-corrected chi connectivity index (χ2v) is 7.83. The molecular formula is C20H29ClN2O. The Kier molecular flexibility index (Phi) is 6.56. The van der Waals surface area contributed by atoms with Crippen molar-refractivity contribution in [3.8, 4) is 0 Å². The Morgan fingerprint density at radius 3 is 2.71 bits per heavy atom. The highest BCUT2D eigenvalue weighted by molar-refractivity contribution is 6.31. The Balaban J connectivity index is 1.46. The maximum Gasteiger partial charge on any atom is 0.224 e. The lowest BCUT2D eigenvalue weighted by Gasteiger charge is -2.35. The van der Waals surface area contributed by atoms with Crippen LogP contribution in [0.2, 0.25) is 5.02 Å². The number of nitrogens with one attached hydrogen (secondary N) is 1. The van der Waals surface area contributed by atoms with Gasteiger partial charge in [0.15, 0.2) is 0 Å². The van der Waals surface area contributed by atoms with Gasteiger partial charge in [0.25, 0.3) is 0 Å². The van der Waals surface area contributed by atoms with E-state index in [2.05, 4.69) is 10.2 Å². The highest BCUT2D eigenvalue weighted by Crippen LogP contribution is 2.26. The zero-order chi connectivity index (χ0) is 16.8. The van der Waals surface area contributed by atoms with Crippen molar-refractivity contribution >= 4 is 17.5 Å². The minimum Gasteiger partial charge on any atom is -0.353 e. The molecule has 3 rings (SSSR count). The molecule has 0 unspecified atom stereocenters. The monoisotopic (exact) mass is 348 g/mol. The van der Waals surface area contributed by atoms with Crippen LogP contribution in [0.15, 0.2) is 24.3 Å². The number of halogens is 1. The van der Waals surface area contributed by atoms with E-state index >= 15 is 0 Å². The number of nitrogens with zero attached hydrogens (tertiary/aromatic N) is 1. The first kappa shape index (κ1) is 17.8. The third kappa shape index (κ3) is 5.22. The number of rotatable bonds is 5. The first-order valence-electron chi connectivity index (χ1n) is 9.46. The van der Waals surface area contributed by atoms with E-state index in [0.717, 1.165) is 24.3 Å². The summed E-state index contributed by atoms with van der Waals surface area (Å²) in [5, 5.41) is 3.93. The number of carbonyl (C=O) groups is 1. The van der Waals surface area contributed by atoms with E-state index in [-0.39, 0.29) is 5.91 Å². The number of hydrogen-bond acceptors (Lipinski definition) is 2. The molecule has 1 aliphatic carbocycles. The predicted molar refractivity (Wildman–Crippen MR) is 99.3 cm³/mol. The van der Waals surface area contributed by atoms with Crippen molar-refractivity contribution in [2.45, 2.75) is 57.4 Å². The molecule has 2 fully saturated rings. The van der Waals surface area contributed by atoms with Gasteiger partial charge in [-0.3, -0.25) is 4.79 Å². The SMILES string of the molecule is O=C(Cc1ccccc1Cl)N[C@@H]1CCC[C@@H](CN2CCCCC2)C1. The highest BCUT2D eigenvalue weighted by atomic mass is 35.5. The smallest absolute Gasteiger partial charge is 0.224 e. The molecule has 0 aromatic heterocycles. The Morgan fingerprint density at radius 1 is 1.12 bits per heavy atom. The Labute approximate surface area is 150 Å². The predicted octanol–water partition coefficient (Wildman–Crippen LogP) is 4.04. The molecule has 0 spiro atoms. The molecule has 1 saturated heterocycles. The molecule has 0 radical (unpaired) electrons. The van der Waals surface area contributed by atoms with Crippen molar-refractivity contribution in [1.29, 1.82) is 0 Å². The maximum atomic E-state index is 12.3. The number of carbonyl (C=O) groups excluding carboxylic acids is 1. The van der Waals surface area contributed by atoms with Gasteiger partial charge in [0.05, 0.1) is 6.42 Å². The summed E-state index contributed by atoms with van der Waals surface area (Å²) >= 11 is 6.16. The highest BCUT2D eigenvalue weighted by Gasteiger charge is 2.25. The number of amides is 1. The van der Waals surface area contributed by atoms with Crippen LogP contribution in [0.5, 0.6) is 0 Å². The fourth-order valence-corrected chi connectivity index (χ4v) is 4.39. The van der Waals surface area contributed by atoms with Gasteiger partial charge in [0, 0.05) is 17.6 Å². The van der Waals surface area contributed by atoms with Crippen LogP contribution >= 0.6 is 11.6 Å². The Bertz CT molecular complexity index is 542. The van der Waals surface area contributed by atoms with Crippen molar-refractivity contribution in [2.24, 2.45) is 5.92 Å². The van der Waals surface area contributed by atoms with Crippen molar-refractivity contribution in [3.63, 3.8) is 0 Å². The van der Waals surface area contributed by atoms with Crippen molar-refractivity contribution in [1.82, 2.24) is 10.2 Å². The standard InChI is InChI=1S/C20H29ClN2O/c21-19-10-3-2-8-17(19)14-20(24)22-18-9-6-7-16(13-18)15-23-11-4-1-5-12-23/h2-3,8,10,16,18H,1,4-7,9,11-15H2,(H,22,24)/t16-,18-/m1/s1. The van der Waals surface area contributed by atoms with Crippen LogP contribution in [0.1, 0.15) is 50.5 Å². The van der Waals surface area contributed by atoms with E-state index in [0.29, 0.717) is 17.5 Å². The topological polar surface area (TPSA) is 32.3 Å². The molecule has 4 heteroatoms. The Hall–Kier alpha value is -1.06. The molecule has 1 aromatic rings. The van der Waals surface area contributed by atoms with Gasteiger partial charge in [-0.05, 0) is 62.7 Å². The van der Waals surface area contributed by atoms with Gasteiger partial charge in [0.1, 0.15) is 0 Å². The van der Waals surface area contributed by atoms with Gasteiger partial charge < -0.3 is 10.2 Å². The molecule has 1 heterocycles. The summed E-state index contributed by atoms with van der Waals surface area (Å²) in [6, 6.07) is 7.95. The van der Waals surface area contributed by atoms with Crippen molar-refractivity contribution < 1.29 is 4.79 Å². The second kappa shape index (κ2) is 8.87. The maximum absolute atomic E-state index is 12.3. The fourth-order valence-electron chi connectivity index (χ4n) is 4.19. The van der Waals surface area contributed by atoms with Crippen LogP contribution in [-0.4, -0.2) is 36.5 Å². The summed E-state index contributed by atoms with van der Waals surface area (Å²) < 4.78 is 0. The van der Waals surface area contributed by atoms with Crippen LogP contribution in [0.4, 0.5) is 0 Å². The summed E-state index contributed by atoms with van der Waals surface area (Å²) in [6.07, 6.45) is 9.27. The molecule has 2 aliphatic rings. The summed E-state index contributed by atoms with van der Waals surface area (Å²) in [5.41, 5.74) is 0.914. The number of piperidine rings is 1. The van der Waals surface area contributed by atoms with Crippen LogP contribution in [0.3, 0.4) is 0 Å². The van der Waals surface area contributed by atoms with Gasteiger partial charge >= 0.3 is 0 Å². The summed E-state index contributed by atoms with van der Waals surface area (Å²) in [6.45, 7) is 3.75. The lowest BCUT2D eigenvalue weighted by molar-refractivity contribution is -0.121. The molecule has 2 atom stereocenters. The van der Waals surface area contributed by atoms with E-state index in [4.69, 9.17) is 11.6 Å². The van der Waals surface area contributed by atoms with E-state index in [1.807, 2.05) is 24.3 Å². The zero-order valence-corrected chi connectivity index (χ0v) is 15.2. The lowest BCUT2D eigenvalue weighted by atomic mass is 9.85. The average molecular weight is 349 g/mol. The van der Waals surface area contributed by atoms with E-state index in [1.165, 1.54) is 51.7 Å². The van der Waals surface area contributed by atoms with Gasteiger partial charge in [-0.25, -0.2) is 0 Å². The third-order valence-electron chi connectivity index (χ3n) is 5.42. The number of hydrogen-bond donors (Lipinski definition) is 1. The molecule has 1 amide bonds. The molecule has 3 nitrogen and oxygen atoms in total. The van der Waals surface area contributed by atoms with E-state index < -0.39 is 0 Å². The van der Waals surface area contributed by atoms with Crippen LogP contribution in [0, 0.1) is 5.92 Å². The molecule has 1 aliphatic heterocycles. The summed E-state index contributed by atoms with van der Waals surface area (Å²) in [4.78, 5) is 15.0. The summed E-state index contributed by atoms with van der Waals surface area (Å²) in [7, 11) is 0. The minimum atomic E-state index is 0.103. The lowest BCUT2D eigenvalue weighted by Crippen LogP contribution is -2.42. The van der Waals surface area contributed by atoms with Crippen LogP contribution < -0.4 is 5.32 Å². The summed E-state index contributed by atoms with van der Waals surface area (Å²) in [5.74, 6) is 0.842. The van der Waals surface area contributed by atoms with Gasteiger partial charge in [-0.2, -0.15) is 0 Å². The first-order valence-corrected chi connectivity index (χ1v) is 9.83. The second-order valence-electron chi connectivity index (χ2n) is 7.43. The van der Waals surface area contributed by atoms with Gasteiger partial charge in [-0.15, -0.1) is 0 Å². The largest absolute Gasteiger partial charge is 0.353 e. The fraction of sp³-hybridized carbons (Fsp3) is 0.650. The van der Waals surface area contributed by atoms with E-state index in [9.17, 15) is 4.79 Å². The molecular weight excluding hydrogens is 320 g/mol. The molecule has 1 saturated carbocycles. The minimum absolute atomic E-state index is 0.103. The third-order valence-corrected chi connectivity index (χ3v) is 5.79. The molecule has 24 heavy (non-hydrogen) atoms. The normalized spacial score (nSPS) is 25.4. The number of benzene rings is 1. The van der Waals surface area contributed by atoms with E-state index in [1.54, 1.807) is 0 Å². The Morgan fingerprint density at radius 2 is 1.92 bits per heavy atom. The van der Waals surface area contributed by atoms with Crippen molar-refractivity contribution in [2.75, 3.05) is 19.6 Å². The molecule has 132 valence electrons. The van der Waals surface area contributed by atoms with Gasteiger partial charge in [-0.1, -0.05) is 42.6 Å². The number of likely N-dealkylation sites (tertiary alicyclic amines) is 1. The van der Waals surface area contributed by atoms with Crippen LogP contribution in [0.25, 0.3) is 0 Å².